The average molecular weight is 212 g/mol. The summed E-state index contributed by atoms with van der Waals surface area (Å²) in [4.78, 5) is 13.1. The second-order valence-corrected chi connectivity index (χ2v) is 3.38. The zero-order chi connectivity index (χ0) is 9.10. The van der Waals surface area contributed by atoms with Crippen LogP contribution in [0.15, 0.2) is 30.3 Å². The van der Waals surface area contributed by atoms with E-state index in [1.165, 1.54) is 6.42 Å². The van der Waals surface area contributed by atoms with Gasteiger partial charge in [-0.25, -0.2) is 0 Å². The van der Waals surface area contributed by atoms with Gasteiger partial charge in [0, 0.05) is 13.1 Å². The fourth-order valence-electron chi connectivity index (χ4n) is 1.64. The summed E-state index contributed by atoms with van der Waals surface area (Å²) >= 11 is 0. The standard InChI is InChI=1S/C11H13NO.ClH/c13-9-11(12-7-4-8-12)10-5-2-1-3-6-10;/h1-3,5-6,9,11H,4,7-8H2;1H. The molecule has 1 aliphatic heterocycles. The molecular weight excluding hydrogens is 198 g/mol. The van der Waals surface area contributed by atoms with E-state index < -0.39 is 0 Å². The molecule has 14 heavy (non-hydrogen) atoms. The molecule has 0 radical (unpaired) electrons. The lowest BCUT2D eigenvalue weighted by molar-refractivity contribution is -0.114. The van der Waals surface area contributed by atoms with Crippen molar-refractivity contribution in [2.45, 2.75) is 12.5 Å². The molecule has 0 aromatic heterocycles. The Bertz CT molecular complexity index is 285. The van der Waals surface area contributed by atoms with Gasteiger partial charge in [-0.1, -0.05) is 30.3 Å². The highest BCUT2D eigenvalue weighted by Gasteiger charge is 2.24. The molecule has 0 saturated carbocycles. The third kappa shape index (κ3) is 2.14. The van der Waals surface area contributed by atoms with E-state index in [0.717, 1.165) is 24.9 Å². The molecule has 1 aromatic rings. The van der Waals surface area contributed by atoms with Crippen LogP contribution in [0.3, 0.4) is 0 Å². The van der Waals surface area contributed by atoms with Crippen LogP contribution in [0.5, 0.6) is 0 Å². The summed E-state index contributed by atoms with van der Waals surface area (Å²) in [6.45, 7) is 2.11. The molecule has 0 spiro atoms. The maximum absolute atomic E-state index is 10.9. The summed E-state index contributed by atoms with van der Waals surface area (Å²) < 4.78 is 0. The Hall–Kier alpha value is -0.860. The van der Waals surface area contributed by atoms with Gasteiger partial charge in [-0.3, -0.25) is 4.90 Å². The average Bonchev–Trinajstić information content (AvgIpc) is 2.12. The second-order valence-electron chi connectivity index (χ2n) is 3.38. The van der Waals surface area contributed by atoms with Crippen LogP contribution < -0.4 is 0 Å². The molecule has 0 amide bonds. The van der Waals surface area contributed by atoms with E-state index in [0.29, 0.717) is 0 Å². The zero-order valence-electron chi connectivity index (χ0n) is 7.93. The quantitative estimate of drug-likeness (QED) is 0.714. The van der Waals surface area contributed by atoms with Crippen molar-refractivity contribution >= 4 is 18.7 Å². The normalized spacial score (nSPS) is 17.7. The monoisotopic (exact) mass is 211 g/mol. The molecule has 1 fully saturated rings. The van der Waals surface area contributed by atoms with Crippen molar-refractivity contribution in [2.75, 3.05) is 13.1 Å². The zero-order valence-corrected chi connectivity index (χ0v) is 8.74. The van der Waals surface area contributed by atoms with E-state index in [2.05, 4.69) is 4.90 Å². The summed E-state index contributed by atoms with van der Waals surface area (Å²) in [5, 5.41) is 0. The molecule has 1 aromatic carbocycles. The topological polar surface area (TPSA) is 20.3 Å². The molecule has 2 nitrogen and oxygen atoms in total. The lowest BCUT2D eigenvalue weighted by Gasteiger charge is -2.35. The van der Waals surface area contributed by atoms with Gasteiger partial charge in [0.15, 0.2) is 0 Å². The van der Waals surface area contributed by atoms with Crippen LogP contribution in [-0.2, 0) is 4.79 Å². The van der Waals surface area contributed by atoms with Gasteiger partial charge in [0.2, 0.25) is 0 Å². The molecule has 2 rings (SSSR count). The smallest absolute Gasteiger partial charge is 0.141 e. The van der Waals surface area contributed by atoms with Gasteiger partial charge >= 0.3 is 0 Å². The number of carbonyl (C=O) groups excluding carboxylic acids is 1. The van der Waals surface area contributed by atoms with E-state index in [1.807, 2.05) is 30.3 Å². The fraction of sp³-hybridized carbons (Fsp3) is 0.364. The third-order valence-corrected chi connectivity index (χ3v) is 2.55. The predicted octanol–water partition coefficient (Wildman–Crippen LogP) is 2.05. The van der Waals surface area contributed by atoms with E-state index in [9.17, 15) is 4.79 Å². The van der Waals surface area contributed by atoms with Gasteiger partial charge in [0.25, 0.3) is 0 Å². The first-order chi connectivity index (χ1) is 6.42. The summed E-state index contributed by atoms with van der Waals surface area (Å²) in [6.07, 6.45) is 2.26. The SMILES string of the molecule is Cl.O=CC(c1ccccc1)N1CCC1. The van der Waals surface area contributed by atoms with Gasteiger partial charge in [0.1, 0.15) is 6.29 Å². The number of aldehydes is 1. The van der Waals surface area contributed by atoms with Crippen LogP contribution in [0, 0.1) is 0 Å². The van der Waals surface area contributed by atoms with Crippen LogP contribution in [0.25, 0.3) is 0 Å². The maximum atomic E-state index is 10.9. The van der Waals surface area contributed by atoms with Gasteiger partial charge in [-0.05, 0) is 12.0 Å². The molecule has 1 aliphatic rings. The summed E-state index contributed by atoms with van der Waals surface area (Å²) in [5.74, 6) is 0. The minimum atomic E-state index is -0.0186. The number of carbonyl (C=O) groups is 1. The Balaban J connectivity index is 0.000000980. The van der Waals surface area contributed by atoms with E-state index in [1.54, 1.807) is 0 Å². The van der Waals surface area contributed by atoms with E-state index in [4.69, 9.17) is 0 Å². The summed E-state index contributed by atoms with van der Waals surface area (Å²) in [6, 6.07) is 9.93. The number of rotatable bonds is 3. The Morgan fingerprint density at radius 3 is 2.29 bits per heavy atom. The highest BCUT2D eigenvalue weighted by molar-refractivity contribution is 5.85. The Kier molecular flexibility index (Phi) is 4.11. The van der Waals surface area contributed by atoms with Crippen molar-refractivity contribution in [3.63, 3.8) is 0 Å². The van der Waals surface area contributed by atoms with Gasteiger partial charge < -0.3 is 4.79 Å². The number of nitrogens with zero attached hydrogens (tertiary/aromatic N) is 1. The maximum Gasteiger partial charge on any atom is 0.141 e. The first-order valence-electron chi connectivity index (χ1n) is 4.66. The third-order valence-electron chi connectivity index (χ3n) is 2.55. The van der Waals surface area contributed by atoms with Crippen LogP contribution in [0.2, 0.25) is 0 Å². The Morgan fingerprint density at radius 1 is 1.21 bits per heavy atom. The molecule has 1 heterocycles. The van der Waals surface area contributed by atoms with E-state index >= 15 is 0 Å². The van der Waals surface area contributed by atoms with Gasteiger partial charge in [-0.2, -0.15) is 0 Å². The van der Waals surface area contributed by atoms with Crippen molar-refractivity contribution in [2.24, 2.45) is 0 Å². The first kappa shape index (κ1) is 11.2. The minimum absolute atomic E-state index is 0. The molecule has 1 atom stereocenters. The number of likely N-dealkylation sites (tertiary alicyclic amines) is 1. The number of halogens is 1. The van der Waals surface area contributed by atoms with Crippen molar-refractivity contribution < 1.29 is 4.79 Å². The van der Waals surface area contributed by atoms with Crippen molar-refractivity contribution in [1.29, 1.82) is 0 Å². The van der Waals surface area contributed by atoms with Crippen molar-refractivity contribution in [1.82, 2.24) is 4.90 Å². The lowest BCUT2D eigenvalue weighted by atomic mass is 10.0. The highest BCUT2D eigenvalue weighted by Crippen LogP contribution is 2.23. The van der Waals surface area contributed by atoms with Crippen LogP contribution in [0.1, 0.15) is 18.0 Å². The molecule has 0 bridgehead atoms. The molecule has 76 valence electrons. The molecule has 1 saturated heterocycles. The first-order valence-corrected chi connectivity index (χ1v) is 4.66. The van der Waals surface area contributed by atoms with E-state index in [-0.39, 0.29) is 18.4 Å². The largest absolute Gasteiger partial charge is 0.301 e. The van der Waals surface area contributed by atoms with Crippen LogP contribution >= 0.6 is 12.4 Å². The van der Waals surface area contributed by atoms with Crippen molar-refractivity contribution in [3.8, 4) is 0 Å². The highest BCUT2D eigenvalue weighted by atomic mass is 35.5. The predicted molar refractivity (Wildman–Crippen MR) is 58.7 cm³/mol. The second kappa shape index (κ2) is 5.13. The van der Waals surface area contributed by atoms with Gasteiger partial charge in [0.05, 0.1) is 6.04 Å². The fourth-order valence-corrected chi connectivity index (χ4v) is 1.64. The minimum Gasteiger partial charge on any atom is -0.301 e. The Labute approximate surface area is 90.3 Å². The van der Waals surface area contributed by atoms with Crippen LogP contribution in [-0.4, -0.2) is 24.3 Å². The summed E-state index contributed by atoms with van der Waals surface area (Å²) in [5.41, 5.74) is 1.11. The number of hydrogen-bond donors (Lipinski definition) is 0. The number of hydrogen-bond acceptors (Lipinski definition) is 2. The summed E-state index contributed by atoms with van der Waals surface area (Å²) in [7, 11) is 0. The molecular formula is C11H14ClNO. The molecule has 0 aliphatic carbocycles. The number of benzene rings is 1. The lowest BCUT2D eigenvalue weighted by Crippen LogP contribution is -2.40. The van der Waals surface area contributed by atoms with Gasteiger partial charge in [-0.15, -0.1) is 12.4 Å². The molecule has 3 heteroatoms. The van der Waals surface area contributed by atoms with Crippen LogP contribution in [0.4, 0.5) is 0 Å². The Morgan fingerprint density at radius 2 is 1.86 bits per heavy atom. The molecule has 0 N–H and O–H groups in total. The molecule has 1 unspecified atom stereocenters. The van der Waals surface area contributed by atoms with Crippen molar-refractivity contribution in [3.05, 3.63) is 35.9 Å².